The van der Waals surface area contributed by atoms with Gasteiger partial charge in [-0.25, -0.2) is 14.4 Å². The summed E-state index contributed by atoms with van der Waals surface area (Å²) in [6.07, 6.45) is 7.21. The van der Waals surface area contributed by atoms with Gasteiger partial charge in [-0.2, -0.15) is 0 Å². The third-order valence-corrected chi connectivity index (χ3v) is 2.87. The Bertz CT molecular complexity index is 666. The van der Waals surface area contributed by atoms with Gasteiger partial charge in [-0.15, -0.1) is 0 Å². The SMILES string of the molecule is Fc1ccc(Cc2cncnc2)c(-c2ccco2)c1. The molecule has 0 saturated carbocycles. The first-order chi connectivity index (χ1) is 9.33. The Morgan fingerprint density at radius 2 is 1.95 bits per heavy atom. The number of hydrogen-bond donors (Lipinski definition) is 0. The molecule has 0 aliphatic carbocycles. The lowest BCUT2D eigenvalue weighted by Gasteiger charge is -2.07. The van der Waals surface area contributed by atoms with Crippen LogP contribution < -0.4 is 0 Å². The summed E-state index contributed by atoms with van der Waals surface area (Å²) in [5.41, 5.74) is 2.71. The smallest absolute Gasteiger partial charge is 0.134 e. The zero-order valence-electron chi connectivity index (χ0n) is 10.1. The second-order valence-electron chi connectivity index (χ2n) is 4.20. The average Bonchev–Trinajstić information content (AvgIpc) is 2.96. The van der Waals surface area contributed by atoms with E-state index in [-0.39, 0.29) is 5.82 Å². The molecule has 2 heterocycles. The van der Waals surface area contributed by atoms with E-state index in [1.165, 1.54) is 18.5 Å². The van der Waals surface area contributed by atoms with Crippen molar-refractivity contribution in [1.82, 2.24) is 9.97 Å². The van der Waals surface area contributed by atoms with Gasteiger partial charge in [-0.1, -0.05) is 6.07 Å². The summed E-state index contributed by atoms with van der Waals surface area (Å²) in [7, 11) is 0. The predicted molar refractivity (Wildman–Crippen MR) is 68.9 cm³/mol. The van der Waals surface area contributed by atoms with Crippen LogP contribution in [0.3, 0.4) is 0 Å². The van der Waals surface area contributed by atoms with Crippen LogP contribution in [0, 0.1) is 5.82 Å². The van der Waals surface area contributed by atoms with Gasteiger partial charge in [-0.05, 0) is 35.4 Å². The lowest BCUT2D eigenvalue weighted by atomic mass is 9.99. The molecule has 0 N–H and O–H groups in total. The Kier molecular flexibility index (Phi) is 3.06. The van der Waals surface area contributed by atoms with Crippen LogP contribution in [0.15, 0.2) is 59.7 Å². The van der Waals surface area contributed by atoms with E-state index in [0.29, 0.717) is 12.2 Å². The Morgan fingerprint density at radius 1 is 1.11 bits per heavy atom. The second-order valence-corrected chi connectivity index (χ2v) is 4.20. The van der Waals surface area contributed by atoms with Gasteiger partial charge in [0.1, 0.15) is 17.9 Å². The number of halogens is 1. The van der Waals surface area contributed by atoms with Gasteiger partial charge in [0.25, 0.3) is 0 Å². The average molecular weight is 254 g/mol. The molecule has 0 bridgehead atoms. The van der Waals surface area contributed by atoms with Crippen molar-refractivity contribution in [1.29, 1.82) is 0 Å². The largest absolute Gasteiger partial charge is 0.464 e. The van der Waals surface area contributed by atoms with Gasteiger partial charge in [0.15, 0.2) is 0 Å². The first-order valence-electron chi connectivity index (χ1n) is 5.89. The molecule has 0 aliphatic rings. The summed E-state index contributed by atoms with van der Waals surface area (Å²) in [5.74, 6) is 0.380. The molecule has 0 spiro atoms. The molecule has 19 heavy (non-hydrogen) atoms. The van der Waals surface area contributed by atoms with Gasteiger partial charge >= 0.3 is 0 Å². The van der Waals surface area contributed by atoms with E-state index in [1.807, 2.05) is 6.07 Å². The van der Waals surface area contributed by atoms with E-state index >= 15 is 0 Å². The van der Waals surface area contributed by atoms with E-state index in [2.05, 4.69) is 9.97 Å². The van der Waals surface area contributed by atoms with E-state index in [0.717, 1.165) is 16.7 Å². The number of furan rings is 1. The number of nitrogens with zero attached hydrogens (tertiary/aromatic N) is 2. The van der Waals surface area contributed by atoms with E-state index in [9.17, 15) is 4.39 Å². The number of aromatic nitrogens is 2. The third kappa shape index (κ3) is 2.52. The minimum absolute atomic E-state index is 0.278. The van der Waals surface area contributed by atoms with Crippen LogP contribution in [-0.2, 0) is 6.42 Å². The first kappa shape index (κ1) is 11.6. The zero-order valence-corrected chi connectivity index (χ0v) is 10.1. The molecular weight excluding hydrogens is 243 g/mol. The third-order valence-electron chi connectivity index (χ3n) is 2.87. The highest BCUT2D eigenvalue weighted by atomic mass is 19.1. The van der Waals surface area contributed by atoms with Crippen molar-refractivity contribution in [2.75, 3.05) is 0 Å². The van der Waals surface area contributed by atoms with Crippen molar-refractivity contribution in [3.8, 4) is 11.3 Å². The van der Waals surface area contributed by atoms with Gasteiger partial charge in [0.2, 0.25) is 0 Å². The normalized spacial score (nSPS) is 10.6. The number of benzene rings is 1. The van der Waals surface area contributed by atoms with Crippen molar-refractivity contribution in [2.45, 2.75) is 6.42 Å². The van der Waals surface area contributed by atoms with Crippen molar-refractivity contribution < 1.29 is 8.81 Å². The molecule has 0 radical (unpaired) electrons. The molecule has 0 saturated heterocycles. The highest BCUT2D eigenvalue weighted by molar-refractivity contribution is 5.62. The van der Waals surface area contributed by atoms with Gasteiger partial charge in [0, 0.05) is 24.4 Å². The maximum atomic E-state index is 13.4. The Hall–Kier alpha value is -2.49. The second kappa shape index (κ2) is 5.02. The molecule has 94 valence electrons. The molecule has 3 nitrogen and oxygen atoms in total. The first-order valence-corrected chi connectivity index (χ1v) is 5.89. The van der Waals surface area contributed by atoms with Crippen LogP contribution in [0.5, 0.6) is 0 Å². The van der Waals surface area contributed by atoms with Crippen molar-refractivity contribution >= 4 is 0 Å². The standard InChI is InChI=1S/C15H11FN2O/c16-13-4-3-12(6-11-8-17-10-18-9-11)14(7-13)15-2-1-5-19-15/h1-5,7-10H,6H2. The fraction of sp³-hybridized carbons (Fsp3) is 0.0667. The molecule has 0 unspecified atom stereocenters. The van der Waals surface area contributed by atoms with Crippen molar-refractivity contribution in [3.63, 3.8) is 0 Å². The zero-order chi connectivity index (χ0) is 13.1. The van der Waals surface area contributed by atoms with Crippen LogP contribution in [0.1, 0.15) is 11.1 Å². The minimum Gasteiger partial charge on any atom is -0.464 e. The summed E-state index contributed by atoms with van der Waals surface area (Å²) in [4.78, 5) is 7.96. The number of hydrogen-bond acceptors (Lipinski definition) is 3. The minimum atomic E-state index is -0.278. The lowest BCUT2D eigenvalue weighted by molar-refractivity contribution is 0.579. The summed E-state index contributed by atoms with van der Waals surface area (Å²) < 4.78 is 18.8. The van der Waals surface area contributed by atoms with Crippen molar-refractivity contribution in [2.24, 2.45) is 0 Å². The van der Waals surface area contributed by atoms with Gasteiger partial charge in [0.05, 0.1) is 6.26 Å². The van der Waals surface area contributed by atoms with Gasteiger partial charge in [-0.3, -0.25) is 0 Å². The van der Waals surface area contributed by atoms with E-state index < -0.39 is 0 Å². The van der Waals surface area contributed by atoms with E-state index in [1.54, 1.807) is 30.8 Å². The highest BCUT2D eigenvalue weighted by Crippen LogP contribution is 2.26. The lowest BCUT2D eigenvalue weighted by Crippen LogP contribution is -1.94. The molecule has 4 heteroatoms. The highest BCUT2D eigenvalue weighted by Gasteiger charge is 2.10. The van der Waals surface area contributed by atoms with Gasteiger partial charge < -0.3 is 4.42 Å². The predicted octanol–water partition coefficient (Wildman–Crippen LogP) is 3.47. The maximum absolute atomic E-state index is 13.4. The number of rotatable bonds is 3. The molecule has 0 aliphatic heterocycles. The fourth-order valence-corrected chi connectivity index (χ4v) is 2.01. The molecule has 1 aromatic carbocycles. The quantitative estimate of drug-likeness (QED) is 0.718. The monoisotopic (exact) mass is 254 g/mol. The molecule has 0 atom stereocenters. The van der Waals surface area contributed by atoms with Crippen molar-refractivity contribution in [3.05, 3.63) is 72.3 Å². The Labute approximate surface area is 109 Å². The van der Waals surface area contributed by atoms with Crippen LogP contribution in [-0.4, -0.2) is 9.97 Å². The summed E-state index contributed by atoms with van der Waals surface area (Å²) in [6, 6.07) is 8.30. The molecule has 3 rings (SSSR count). The van der Waals surface area contributed by atoms with Crippen LogP contribution in [0.4, 0.5) is 4.39 Å². The topological polar surface area (TPSA) is 38.9 Å². The Balaban J connectivity index is 2.02. The molecule has 0 amide bonds. The maximum Gasteiger partial charge on any atom is 0.134 e. The molecular formula is C15H11FN2O. The van der Waals surface area contributed by atoms with Crippen LogP contribution >= 0.6 is 0 Å². The fourth-order valence-electron chi connectivity index (χ4n) is 2.01. The Morgan fingerprint density at radius 3 is 2.68 bits per heavy atom. The van der Waals surface area contributed by atoms with Crippen LogP contribution in [0.2, 0.25) is 0 Å². The molecule has 3 aromatic rings. The summed E-state index contributed by atoms with van der Waals surface area (Å²) >= 11 is 0. The van der Waals surface area contributed by atoms with Crippen LogP contribution in [0.25, 0.3) is 11.3 Å². The van der Waals surface area contributed by atoms with E-state index in [4.69, 9.17) is 4.42 Å². The summed E-state index contributed by atoms with van der Waals surface area (Å²) in [5, 5.41) is 0. The summed E-state index contributed by atoms with van der Waals surface area (Å²) in [6.45, 7) is 0. The molecule has 0 fully saturated rings. The molecule has 2 aromatic heterocycles.